The van der Waals surface area contributed by atoms with Gasteiger partial charge in [-0.3, -0.25) is 9.69 Å². The average Bonchev–Trinajstić information content (AvgIpc) is 2.98. The lowest BCUT2D eigenvalue weighted by molar-refractivity contribution is -0.146. The number of nitrogens with zero attached hydrogens (tertiary/aromatic N) is 3. The van der Waals surface area contributed by atoms with Gasteiger partial charge in [0.25, 0.3) is 0 Å². The molecule has 3 rings (SSSR count). The predicted octanol–water partition coefficient (Wildman–Crippen LogP) is 1.28. The second-order valence-electron chi connectivity index (χ2n) is 5.63. The van der Waals surface area contributed by atoms with E-state index in [1.807, 2.05) is 41.4 Å². The topological polar surface area (TPSA) is 78.6 Å². The van der Waals surface area contributed by atoms with Gasteiger partial charge in [-0.15, -0.1) is 0 Å². The number of carboxylic acids is 1. The number of aliphatic hydroxyl groups excluding tert-OH is 1. The van der Waals surface area contributed by atoms with Crippen molar-refractivity contribution in [3.63, 3.8) is 0 Å². The highest BCUT2D eigenvalue weighted by Gasteiger charge is 2.32. The summed E-state index contributed by atoms with van der Waals surface area (Å²) in [5, 5.41) is 23.3. The third-order valence-electron chi connectivity index (χ3n) is 4.01. The van der Waals surface area contributed by atoms with Crippen LogP contribution in [0.15, 0.2) is 42.7 Å². The Bertz CT molecular complexity index is 641. The van der Waals surface area contributed by atoms with Crippen LogP contribution in [0.2, 0.25) is 0 Å². The lowest BCUT2D eigenvalue weighted by Gasteiger charge is -2.34. The SMILES string of the molecule is O=C(O)[C@H]1C[C@@H](O)CCN1Cc1cnn(-c2ccccc2)c1. The van der Waals surface area contributed by atoms with E-state index in [9.17, 15) is 15.0 Å². The molecule has 1 fully saturated rings. The molecule has 116 valence electrons. The van der Waals surface area contributed by atoms with Crippen molar-refractivity contribution in [1.82, 2.24) is 14.7 Å². The summed E-state index contributed by atoms with van der Waals surface area (Å²) in [6.07, 6.45) is 4.04. The number of para-hydroxylation sites is 1. The standard InChI is InChI=1S/C16H19N3O3/c20-14-6-7-18(15(8-14)16(21)22)10-12-9-17-19(11-12)13-4-2-1-3-5-13/h1-5,9,11,14-15,20H,6-8,10H2,(H,21,22)/t14-,15+/m0/s1. The average molecular weight is 301 g/mol. The number of aliphatic carboxylic acids is 1. The number of piperidine rings is 1. The van der Waals surface area contributed by atoms with Gasteiger partial charge in [-0.2, -0.15) is 5.10 Å². The number of carboxylic acid groups (broad SMARTS) is 1. The molecule has 0 aliphatic carbocycles. The summed E-state index contributed by atoms with van der Waals surface area (Å²) in [6.45, 7) is 1.10. The minimum Gasteiger partial charge on any atom is -0.480 e. The summed E-state index contributed by atoms with van der Waals surface area (Å²) < 4.78 is 1.78. The minimum absolute atomic E-state index is 0.280. The second kappa shape index (κ2) is 6.29. The molecular formula is C16H19N3O3. The Balaban J connectivity index is 1.73. The van der Waals surface area contributed by atoms with Gasteiger partial charge in [0.1, 0.15) is 6.04 Å². The fourth-order valence-electron chi connectivity index (χ4n) is 2.84. The van der Waals surface area contributed by atoms with E-state index in [1.54, 1.807) is 10.9 Å². The highest BCUT2D eigenvalue weighted by Crippen LogP contribution is 2.20. The van der Waals surface area contributed by atoms with Gasteiger partial charge in [0.2, 0.25) is 0 Å². The Hall–Kier alpha value is -2.18. The number of hydrogen-bond acceptors (Lipinski definition) is 4. The van der Waals surface area contributed by atoms with E-state index in [0.717, 1.165) is 11.3 Å². The number of benzene rings is 1. The maximum Gasteiger partial charge on any atom is 0.321 e. The van der Waals surface area contributed by atoms with Gasteiger partial charge < -0.3 is 10.2 Å². The molecule has 1 saturated heterocycles. The Morgan fingerprint density at radius 1 is 1.32 bits per heavy atom. The first-order valence-corrected chi connectivity index (χ1v) is 7.37. The molecule has 0 bridgehead atoms. The van der Waals surface area contributed by atoms with Crippen LogP contribution in [-0.2, 0) is 11.3 Å². The molecule has 1 aliphatic heterocycles. The molecule has 2 N–H and O–H groups in total. The third-order valence-corrected chi connectivity index (χ3v) is 4.01. The van der Waals surface area contributed by atoms with Crippen LogP contribution in [-0.4, -0.2) is 49.6 Å². The first-order chi connectivity index (χ1) is 10.6. The molecule has 1 aliphatic rings. The van der Waals surface area contributed by atoms with Crippen LogP contribution >= 0.6 is 0 Å². The van der Waals surface area contributed by atoms with Gasteiger partial charge >= 0.3 is 5.97 Å². The van der Waals surface area contributed by atoms with Gasteiger partial charge in [-0.05, 0) is 25.0 Å². The Morgan fingerprint density at radius 2 is 2.09 bits per heavy atom. The monoisotopic (exact) mass is 301 g/mol. The Labute approximate surface area is 128 Å². The molecule has 6 nitrogen and oxygen atoms in total. The van der Waals surface area contributed by atoms with Gasteiger partial charge in [0.05, 0.1) is 18.0 Å². The number of hydrogen-bond donors (Lipinski definition) is 2. The van der Waals surface area contributed by atoms with Crippen LogP contribution in [0.4, 0.5) is 0 Å². The molecule has 0 amide bonds. The van der Waals surface area contributed by atoms with Crippen LogP contribution < -0.4 is 0 Å². The number of aliphatic hydroxyl groups is 1. The molecule has 0 unspecified atom stereocenters. The number of rotatable bonds is 4. The van der Waals surface area contributed by atoms with E-state index < -0.39 is 18.1 Å². The van der Waals surface area contributed by atoms with Gasteiger partial charge in [-0.1, -0.05) is 18.2 Å². The molecule has 2 atom stereocenters. The largest absolute Gasteiger partial charge is 0.480 e. The maximum absolute atomic E-state index is 11.4. The molecular weight excluding hydrogens is 282 g/mol. The lowest BCUT2D eigenvalue weighted by atomic mass is 9.99. The summed E-state index contributed by atoms with van der Waals surface area (Å²) in [5.74, 6) is -0.880. The molecule has 0 saturated carbocycles. The molecule has 0 spiro atoms. The Morgan fingerprint density at radius 3 is 2.82 bits per heavy atom. The van der Waals surface area contributed by atoms with Crippen molar-refractivity contribution in [2.24, 2.45) is 0 Å². The van der Waals surface area contributed by atoms with E-state index in [-0.39, 0.29) is 6.42 Å². The molecule has 1 aromatic heterocycles. The van der Waals surface area contributed by atoms with Crippen molar-refractivity contribution >= 4 is 5.97 Å². The normalized spacial score (nSPS) is 22.6. The minimum atomic E-state index is -0.880. The molecule has 2 aromatic rings. The summed E-state index contributed by atoms with van der Waals surface area (Å²) in [5.41, 5.74) is 1.93. The van der Waals surface area contributed by atoms with E-state index in [2.05, 4.69) is 5.10 Å². The van der Waals surface area contributed by atoms with Gasteiger partial charge in [0, 0.05) is 24.8 Å². The van der Waals surface area contributed by atoms with Crippen LogP contribution in [0, 0.1) is 0 Å². The van der Waals surface area contributed by atoms with Crippen LogP contribution in [0.3, 0.4) is 0 Å². The van der Waals surface area contributed by atoms with Crippen LogP contribution in [0.5, 0.6) is 0 Å². The van der Waals surface area contributed by atoms with E-state index in [1.165, 1.54) is 0 Å². The van der Waals surface area contributed by atoms with Crippen LogP contribution in [0.1, 0.15) is 18.4 Å². The van der Waals surface area contributed by atoms with E-state index >= 15 is 0 Å². The Kier molecular flexibility index (Phi) is 4.22. The van der Waals surface area contributed by atoms with Crippen molar-refractivity contribution < 1.29 is 15.0 Å². The number of likely N-dealkylation sites (tertiary alicyclic amines) is 1. The first-order valence-electron chi connectivity index (χ1n) is 7.37. The highest BCUT2D eigenvalue weighted by atomic mass is 16.4. The highest BCUT2D eigenvalue weighted by molar-refractivity contribution is 5.73. The molecule has 2 heterocycles. The van der Waals surface area contributed by atoms with Crippen molar-refractivity contribution in [1.29, 1.82) is 0 Å². The van der Waals surface area contributed by atoms with E-state index in [4.69, 9.17) is 0 Å². The summed E-state index contributed by atoms with van der Waals surface area (Å²) >= 11 is 0. The lowest BCUT2D eigenvalue weighted by Crippen LogP contribution is -2.48. The van der Waals surface area contributed by atoms with Gasteiger partial charge in [-0.25, -0.2) is 4.68 Å². The van der Waals surface area contributed by atoms with E-state index in [0.29, 0.717) is 19.5 Å². The second-order valence-corrected chi connectivity index (χ2v) is 5.63. The maximum atomic E-state index is 11.4. The molecule has 0 radical (unpaired) electrons. The zero-order valence-corrected chi connectivity index (χ0v) is 12.2. The third kappa shape index (κ3) is 3.18. The summed E-state index contributed by atoms with van der Waals surface area (Å²) in [7, 11) is 0. The molecule has 22 heavy (non-hydrogen) atoms. The van der Waals surface area contributed by atoms with Crippen molar-refractivity contribution in [2.45, 2.75) is 31.5 Å². The van der Waals surface area contributed by atoms with Crippen LogP contribution in [0.25, 0.3) is 5.69 Å². The molecule has 6 heteroatoms. The summed E-state index contributed by atoms with van der Waals surface area (Å²) in [4.78, 5) is 13.2. The first kappa shape index (κ1) is 14.7. The van der Waals surface area contributed by atoms with Gasteiger partial charge in [0.15, 0.2) is 0 Å². The quantitative estimate of drug-likeness (QED) is 0.889. The summed E-state index contributed by atoms with van der Waals surface area (Å²) in [6, 6.07) is 9.14. The zero-order valence-electron chi connectivity index (χ0n) is 12.2. The predicted molar refractivity (Wildman–Crippen MR) is 80.6 cm³/mol. The zero-order chi connectivity index (χ0) is 15.5. The smallest absolute Gasteiger partial charge is 0.321 e. The van der Waals surface area contributed by atoms with Crippen molar-refractivity contribution in [2.75, 3.05) is 6.54 Å². The number of carbonyl (C=O) groups is 1. The fraction of sp³-hybridized carbons (Fsp3) is 0.375. The fourth-order valence-corrected chi connectivity index (χ4v) is 2.84. The van der Waals surface area contributed by atoms with Crippen molar-refractivity contribution in [3.8, 4) is 5.69 Å². The number of aromatic nitrogens is 2. The van der Waals surface area contributed by atoms with Crippen molar-refractivity contribution in [3.05, 3.63) is 48.3 Å². The molecule has 1 aromatic carbocycles.